The fourth-order valence-electron chi connectivity index (χ4n) is 2.97. The summed E-state index contributed by atoms with van der Waals surface area (Å²) >= 11 is 0. The maximum atomic E-state index is 12.8. The lowest BCUT2D eigenvalue weighted by molar-refractivity contribution is 0.0602. The van der Waals surface area contributed by atoms with Crippen LogP contribution in [-0.2, 0) is 4.74 Å². The number of carbonyl (C=O) groups excluding carboxylic acids is 2. The standard InChI is InChI=1S/C20H19NO4/c1-13-8-4-7-11-17(13)25-12-18(22)21-14(2)19(20(23)24-3)15-9-5-6-10-16(15)21/h4-11H,12H2,1-3H3. The van der Waals surface area contributed by atoms with Crippen LogP contribution >= 0.6 is 0 Å². The zero-order chi connectivity index (χ0) is 18.0. The van der Waals surface area contributed by atoms with Crippen LogP contribution in [0, 0.1) is 13.8 Å². The lowest BCUT2D eigenvalue weighted by Crippen LogP contribution is -2.21. The molecule has 1 aromatic heterocycles. The molecule has 1 heterocycles. The van der Waals surface area contributed by atoms with Crippen LogP contribution < -0.4 is 4.74 Å². The Balaban J connectivity index is 1.98. The molecule has 5 nitrogen and oxygen atoms in total. The number of ether oxygens (including phenoxy) is 2. The van der Waals surface area contributed by atoms with Gasteiger partial charge in [0.15, 0.2) is 6.61 Å². The van der Waals surface area contributed by atoms with Crippen LogP contribution in [0.2, 0.25) is 0 Å². The Morgan fingerprint density at radius 1 is 1.00 bits per heavy atom. The van der Waals surface area contributed by atoms with Gasteiger partial charge in [0.25, 0.3) is 5.91 Å². The van der Waals surface area contributed by atoms with Crippen molar-refractivity contribution in [1.82, 2.24) is 4.57 Å². The van der Waals surface area contributed by atoms with E-state index in [1.807, 2.05) is 43.3 Å². The fourth-order valence-corrected chi connectivity index (χ4v) is 2.97. The van der Waals surface area contributed by atoms with Crippen LogP contribution in [0.1, 0.15) is 26.4 Å². The van der Waals surface area contributed by atoms with Gasteiger partial charge in [-0.15, -0.1) is 0 Å². The lowest BCUT2D eigenvalue weighted by Gasteiger charge is -2.10. The Kier molecular flexibility index (Phi) is 4.57. The molecule has 25 heavy (non-hydrogen) atoms. The molecule has 3 rings (SSSR count). The number of nitrogens with zero attached hydrogens (tertiary/aromatic N) is 1. The number of aromatic nitrogens is 1. The quantitative estimate of drug-likeness (QED) is 0.680. The molecule has 128 valence electrons. The van der Waals surface area contributed by atoms with Gasteiger partial charge in [-0.25, -0.2) is 4.79 Å². The molecular weight excluding hydrogens is 318 g/mol. The Morgan fingerprint density at radius 2 is 1.68 bits per heavy atom. The van der Waals surface area contributed by atoms with Gasteiger partial charge in [0.05, 0.1) is 18.2 Å². The van der Waals surface area contributed by atoms with E-state index < -0.39 is 5.97 Å². The van der Waals surface area contributed by atoms with Gasteiger partial charge in [-0.05, 0) is 31.5 Å². The monoisotopic (exact) mass is 337 g/mol. The van der Waals surface area contributed by atoms with E-state index in [9.17, 15) is 9.59 Å². The number of benzene rings is 2. The molecular formula is C20H19NO4. The van der Waals surface area contributed by atoms with Crippen LogP contribution in [0.5, 0.6) is 5.75 Å². The molecule has 0 fully saturated rings. The summed E-state index contributed by atoms with van der Waals surface area (Å²) in [6.45, 7) is 3.54. The number of para-hydroxylation sites is 2. The van der Waals surface area contributed by atoms with Crippen molar-refractivity contribution in [1.29, 1.82) is 0 Å². The van der Waals surface area contributed by atoms with Crippen LogP contribution in [0.15, 0.2) is 48.5 Å². The summed E-state index contributed by atoms with van der Waals surface area (Å²) in [5.74, 6) is -0.0367. The molecule has 0 amide bonds. The van der Waals surface area contributed by atoms with Gasteiger partial charge < -0.3 is 9.47 Å². The van der Waals surface area contributed by atoms with Crippen LogP contribution in [0.3, 0.4) is 0 Å². The summed E-state index contributed by atoms with van der Waals surface area (Å²) in [6, 6.07) is 14.8. The van der Waals surface area contributed by atoms with Crippen molar-refractivity contribution in [2.75, 3.05) is 13.7 Å². The average Bonchev–Trinajstić information content (AvgIpc) is 2.92. The molecule has 0 spiro atoms. The third-order valence-electron chi connectivity index (χ3n) is 4.20. The molecule has 5 heteroatoms. The molecule has 0 N–H and O–H groups in total. The number of rotatable bonds is 4. The summed E-state index contributed by atoms with van der Waals surface area (Å²) in [4.78, 5) is 24.9. The van der Waals surface area contributed by atoms with Gasteiger partial charge in [-0.2, -0.15) is 0 Å². The Morgan fingerprint density at radius 3 is 2.40 bits per heavy atom. The number of aryl methyl sites for hydroxylation is 1. The summed E-state index contributed by atoms with van der Waals surface area (Å²) < 4.78 is 12.0. The number of methoxy groups -OCH3 is 1. The van der Waals surface area contributed by atoms with Gasteiger partial charge in [-0.1, -0.05) is 36.4 Å². The summed E-state index contributed by atoms with van der Waals surface area (Å²) in [6.07, 6.45) is 0. The van der Waals surface area contributed by atoms with Gasteiger partial charge in [-0.3, -0.25) is 9.36 Å². The van der Waals surface area contributed by atoms with Crippen molar-refractivity contribution in [2.24, 2.45) is 0 Å². The lowest BCUT2D eigenvalue weighted by atomic mass is 10.1. The smallest absolute Gasteiger partial charge is 0.340 e. The van der Waals surface area contributed by atoms with E-state index in [-0.39, 0.29) is 12.5 Å². The van der Waals surface area contributed by atoms with Gasteiger partial charge in [0.2, 0.25) is 0 Å². The number of hydrogen-bond acceptors (Lipinski definition) is 4. The molecule has 0 atom stereocenters. The van der Waals surface area contributed by atoms with E-state index in [0.29, 0.717) is 27.9 Å². The zero-order valence-corrected chi connectivity index (χ0v) is 14.4. The van der Waals surface area contributed by atoms with Crippen LogP contribution in [-0.4, -0.2) is 30.2 Å². The maximum Gasteiger partial charge on any atom is 0.340 e. The normalized spacial score (nSPS) is 10.7. The molecule has 0 aliphatic heterocycles. The van der Waals surface area contributed by atoms with E-state index in [1.54, 1.807) is 19.1 Å². The summed E-state index contributed by atoms with van der Waals surface area (Å²) in [7, 11) is 1.33. The molecule has 0 radical (unpaired) electrons. The number of hydrogen-bond donors (Lipinski definition) is 0. The molecule has 2 aromatic carbocycles. The van der Waals surface area contributed by atoms with Crippen molar-refractivity contribution in [2.45, 2.75) is 13.8 Å². The first-order valence-corrected chi connectivity index (χ1v) is 7.94. The third-order valence-corrected chi connectivity index (χ3v) is 4.20. The van der Waals surface area contributed by atoms with E-state index in [1.165, 1.54) is 11.7 Å². The highest BCUT2D eigenvalue weighted by molar-refractivity contribution is 6.09. The fraction of sp³-hybridized carbons (Fsp3) is 0.200. The summed E-state index contributed by atoms with van der Waals surface area (Å²) in [5.41, 5.74) is 2.58. The highest BCUT2D eigenvalue weighted by atomic mass is 16.5. The van der Waals surface area contributed by atoms with E-state index >= 15 is 0 Å². The molecule has 0 saturated carbocycles. The minimum Gasteiger partial charge on any atom is -0.483 e. The second-order valence-corrected chi connectivity index (χ2v) is 5.75. The predicted molar refractivity (Wildman–Crippen MR) is 95.3 cm³/mol. The summed E-state index contributed by atoms with van der Waals surface area (Å²) in [5, 5.41) is 0.691. The van der Waals surface area contributed by atoms with Crippen molar-refractivity contribution < 1.29 is 19.1 Å². The second-order valence-electron chi connectivity index (χ2n) is 5.75. The van der Waals surface area contributed by atoms with Gasteiger partial charge >= 0.3 is 5.97 Å². The van der Waals surface area contributed by atoms with Crippen molar-refractivity contribution in [3.8, 4) is 5.75 Å². The second kappa shape index (κ2) is 6.81. The minimum atomic E-state index is -0.458. The molecule has 0 saturated heterocycles. The van der Waals surface area contributed by atoms with Crippen LogP contribution in [0.25, 0.3) is 10.9 Å². The van der Waals surface area contributed by atoms with Crippen LogP contribution in [0.4, 0.5) is 0 Å². The molecule has 0 aliphatic rings. The average molecular weight is 337 g/mol. The Bertz CT molecular complexity index is 955. The minimum absolute atomic E-state index is 0.120. The Labute approximate surface area is 145 Å². The molecule has 3 aromatic rings. The SMILES string of the molecule is COC(=O)c1c(C)n(C(=O)COc2ccccc2C)c2ccccc12. The zero-order valence-electron chi connectivity index (χ0n) is 14.4. The molecule has 0 aliphatic carbocycles. The third kappa shape index (κ3) is 3.01. The largest absolute Gasteiger partial charge is 0.483 e. The van der Waals surface area contributed by atoms with Crippen molar-refractivity contribution in [3.05, 3.63) is 65.4 Å². The topological polar surface area (TPSA) is 57.5 Å². The van der Waals surface area contributed by atoms with E-state index in [0.717, 1.165) is 5.56 Å². The van der Waals surface area contributed by atoms with Gasteiger partial charge in [0, 0.05) is 11.1 Å². The first kappa shape index (κ1) is 16.8. The first-order chi connectivity index (χ1) is 12.0. The van der Waals surface area contributed by atoms with E-state index in [2.05, 4.69) is 0 Å². The molecule has 0 unspecified atom stereocenters. The predicted octanol–water partition coefficient (Wildman–Crippen LogP) is 3.76. The van der Waals surface area contributed by atoms with Crippen molar-refractivity contribution >= 4 is 22.8 Å². The highest BCUT2D eigenvalue weighted by Crippen LogP contribution is 2.26. The van der Waals surface area contributed by atoms with Gasteiger partial charge in [0.1, 0.15) is 5.75 Å². The van der Waals surface area contributed by atoms with E-state index in [4.69, 9.17) is 9.47 Å². The van der Waals surface area contributed by atoms with Crippen molar-refractivity contribution in [3.63, 3.8) is 0 Å². The maximum absolute atomic E-state index is 12.8. The Hall–Kier alpha value is -3.08. The number of esters is 1. The highest BCUT2D eigenvalue weighted by Gasteiger charge is 2.23. The first-order valence-electron chi connectivity index (χ1n) is 7.94. The molecule has 0 bridgehead atoms. The number of fused-ring (bicyclic) bond motifs is 1. The number of carbonyl (C=O) groups is 2.